The number of rotatable bonds is 2. The Labute approximate surface area is 114 Å². The molecule has 0 aromatic heterocycles. The quantitative estimate of drug-likeness (QED) is 0.566. The highest BCUT2D eigenvalue weighted by Crippen LogP contribution is 2.42. The van der Waals surface area contributed by atoms with Crippen LogP contribution >= 0.6 is 0 Å². The monoisotopic (exact) mass is 260 g/mol. The van der Waals surface area contributed by atoms with Crippen LogP contribution in [-0.2, 0) is 14.3 Å². The molecule has 0 radical (unpaired) electrons. The Morgan fingerprint density at radius 2 is 2.11 bits per heavy atom. The lowest BCUT2D eigenvalue weighted by molar-refractivity contribution is -0.136. The third-order valence-corrected chi connectivity index (χ3v) is 4.31. The second kappa shape index (κ2) is 5.16. The molecule has 19 heavy (non-hydrogen) atoms. The molecule has 0 aromatic rings. The maximum atomic E-state index is 12.0. The van der Waals surface area contributed by atoms with Crippen molar-refractivity contribution >= 4 is 11.8 Å². The molecule has 0 amide bonds. The molecule has 0 bridgehead atoms. The zero-order chi connectivity index (χ0) is 14.2. The minimum Gasteiger partial charge on any atom is -0.466 e. The first kappa shape index (κ1) is 13.8. The van der Waals surface area contributed by atoms with Crippen LogP contribution in [0.1, 0.15) is 33.1 Å². The van der Waals surface area contributed by atoms with E-state index in [2.05, 4.69) is 6.58 Å². The van der Waals surface area contributed by atoms with Crippen LogP contribution < -0.4 is 0 Å². The van der Waals surface area contributed by atoms with Gasteiger partial charge < -0.3 is 4.74 Å². The number of ketones is 1. The number of carbonyl (C=O) groups is 2. The maximum absolute atomic E-state index is 12.0. The molecule has 0 fully saturated rings. The average molecular weight is 260 g/mol. The van der Waals surface area contributed by atoms with Crippen LogP contribution in [0.2, 0.25) is 0 Å². The Bertz CT molecular complexity index is 508. The highest BCUT2D eigenvalue weighted by Gasteiger charge is 2.35. The topological polar surface area (TPSA) is 43.4 Å². The summed E-state index contributed by atoms with van der Waals surface area (Å²) >= 11 is 0. The summed E-state index contributed by atoms with van der Waals surface area (Å²) in [5.41, 5.74) is 3.73. The molecule has 2 atom stereocenters. The molecule has 0 aliphatic heterocycles. The van der Waals surface area contributed by atoms with Crippen LogP contribution in [0, 0.1) is 11.8 Å². The van der Waals surface area contributed by atoms with E-state index < -0.39 is 0 Å². The van der Waals surface area contributed by atoms with Gasteiger partial charge in [-0.05, 0) is 45.1 Å². The highest BCUT2D eigenvalue weighted by atomic mass is 16.5. The molecular weight excluding hydrogens is 240 g/mol. The molecule has 2 rings (SSSR count). The van der Waals surface area contributed by atoms with Crippen LogP contribution in [0.25, 0.3) is 0 Å². The largest absolute Gasteiger partial charge is 0.466 e. The van der Waals surface area contributed by atoms with Gasteiger partial charge in [-0.25, -0.2) is 4.79 Å². The Morgan fingerprint density at radius 1 is 1.42 bits per heavy atom. The molecule has 3 nitrogen and oxygen atoms in total. The van der Waals surface area contributed by atoms with Gasteiger partial charge in [0.1, 0.15) is 0 Å². The summed E-state index contributed by atoms with van der Waals surface area (Å²) in [6.45, 7) is 7.89. The number of esters is 1. The van der Waals surface area contributed by atoms with E-state index in [1.54, 1.807) is 6.08 Å². The fraction of sp³-hybridized carbons (Fsp3) is 0.500. The average Bonchev–Trinajstić information content (AvgIpc) is 2.56. The van der Waals surface area contributed by atoms with E-state index >= 15 is 0 Å². The van der Waals surface area contributed by atoms with Crippen molar-refractivity contribution < 1.29 is 14.3 Å². The van der Waals surface area contributed by atoms with Gasteiger partial charge in [-0.2, -0.15) is 0 Å². The van der Waals surface area contributed by atoms with Crippen LogP contribution in [0.15, 0.2) is 34.9 Å². The molecule has 3 heteroatoms. The fourth-order valence-corrected chi connectivity index (χ4v) is 3.14. The minimum absolute atomic E-state index is 0.0964. The second-order valence-corrected chi connectivity index (χ2v) is 5.49. The standard InChI is InChI=1S/C16H20O3/c1-9-5-6-12(11(3)16(18)19-4)8-13-10(2)7-14(17)15(9)13/h7,12-13H,3,5-6,8H2,1-2,4H3. The molecule has 0 heterocycles. The van der Waals surface area contributed by atoms with Gasteiger partial charge in [-0.1, -0.05) is 17.7 Å². The Balaban J connectivity index is 2.26. The van der Waals surface area contributed by atoms with Gasteiger partial charge >= 0.3 is 5.97 Å². The van der Waals surface area contributed by atoms with Crippen molar-refractivity contribution in [3.63, 3.8) is 0 Å². The van der Waals surface area contributed by atoms with Crippen LogP contribution in [0.3, 0.4) is 0 Å². The van der Waals surface area contributed by atoms with Crippen LogP contribution in [0.5, 0.6) is 0 Å². The van der Waals surface area contributed by atoms with Gasteiger partial charge in [-0.15, -0.1) is 0 Å². The molecule has 0 saturated carbocycles. The van der Waals surface area contributed by atoms with Crippen LogP contribution in [-0.4, -0.2) is 18.9 Å². The number of allylic oxidation sites excluding steroid dienone is 4. The van der Waals surface area contributed by atoms with E-state index in [4.69, 9.17) is 4.74 Å². The molecule has 2 unspecified atom stereocenters. The van der Waals surface area contributed by atoms with E-state index in [0.29, 0.717) is 5.57 Å². The van der Waals surface area contributed by atoms with E-state index in [1.165, 1.54) is 7.11 Å². The fourth-order valence-electron chi connectivity index (χ4n) is 3.14. The Kier molecular flexibility index (Phi) is 3.74. The van der Waals surface area contributed by atoms with Crippen molar-refractivity contribution in [2.45, 2.75) is 33.1 Å². The van der Waals surface area contributed by atoms with Crippen molar-refractivity contribution in [1.82, 2.24) is 0 Å². The summed E-state index contributed by atoms with van der Waals surface area (Å²) in [6.07, 6.45) is 4.22. The van der Waals surface area contributed by atoms with Gasteiger partial charge in [0.25, 0.3) is 0 Å². The number of fused-ring (bicyclic) bond motifs is 1. The summed E-state index contributed by atoms with van der Waals surface area (Å²) in [6, 6.07) is 0. The first-order chi connectivity index (χ1) is 8.95. The summed E-state index contributed by atoms with van der Waals surface area (Å²) < 4.78 is 4.76. The van der Waals surface area contributed by atoms with E-state index in [1.807, 2.05) is 13.8 Å². The number of carbonyl (C=O) groups excluding carboxylic acids is 2. The predicted molar refractivity (Wildman–Crippen MR) is 73.5 cm³/mol. The summed E-state index contributed by atoms with van der Waals surface area (Å²) in [7, 11) is 1.38. The Hall–Kier alpha value is -1.64. The van der Waals surface area contributed by atoms with Gasteiger partial charge in [-0.3, -0.25) is 4.79 Å². The normalized spacial score (nSPS) is 26.7. The molecule has 102 valence electrons. The van der Waals surface area contributed by atoms with Crippen molar-refractivity contribution in [2.75, 3.05) is 7.11 Å². The molecule has 0 spiro atoms. The molecule has 0 saturated heterocycles. The SMILES string of the molecule is C=C(C(=O)OC)C1CCC(C)=C2C(=O)C=C(C)C2C1. The summed E-state index contributed by atoms with van der Waals surface area (Å²) in [5, 5.41) is 0. The molecular formula is C16H20O3. The van der Waals surface area contributed by atoms with Gasteiger partial charge in [0.15, 0.2) is 5.78 Å². The van der Waals surface area contributed by atoms with Gasteiger partial charge in [0.2, 0.25) is 0 Å². The highest BCUT2D eigenvalue weighted by molar-refractivity contribution is 6.08. The second-order valence-electron chi connectivity index (χ2n) is 5.49. The lowest BCUT2D eigenvalue weighted by Gasteiger charge is -2.20. The lowest BCUT2D eigenvalue weighted by Crippen LogP contribution is -2.17. The molecule has 0 aromatic carbocycles. The van der Waals surface area contributed by atoms with Gasteiger partial charge in [0.05, 0.1) is 7.11 Å². The predicted octanol–water partition coefficient (Wildman–Crippen LogP) is 2.98. The first-order valence-electron chi connectivity index (χ1n) is 6.65. The molecule has 2 aliphatic rings. The van der Waals surface area contributed by atoms with Crippen LogP contribution in [0.4, 0.5) is 0 Å². The zero-order valence-electron chi connectivity index (χ0n) is 11.8. The summed E-state index contributed by atoms with van der Waals surface area (Å²) in [5.74, 6) is 0.0574. The first-order valence-corrected chi connectivity index (χ1v) is 6.65. The number of hydrogen-bond donors (Lipinski definition) is 0. The van der Waals surface area contributed by atoms with E-state index in [-0.39, 0.29) is 23.6 Å². The van der Waals surface area contributed by atoms with Crippen molar-refractivity contribution in [1.29, 1.82) is 0 Å². The molecule has 0 N–H and O–H groups in total. The van der Waals surface area contributed by atoms with Crippen molar-refractivity contribution in [3.8, 4) is 0 Å². The van der Waals surface area contributed by atoms with E-state index in [9.17, 15) is 9.59 Å². The third kappa shape index (κ3) is 2.42. The van der Waals surface area contributed by atoms with Crippen molar-refractivity contribution in [2.24, 2.45) is 11.8 Å². The Morgan fingerprint density at radius 3 is 2.74 bits per heavy atom. The van der Waals surface area contributed by atoms with E-state index in [0.717, 1.165) is 36.0 Å². The third-order valence-electron chi connectivity index (χ3n) is 4.31. The van der Waals surface area contributed by atoms with Crippen molar-refractivity contribution in [3.05, 3.63) is 34.9 Å². The molecule has 2 aliphatic carbocycles. The summed E-state index contributed by atoms with van der Waals surface area (Å²) in [4.78, 5) is 23.6. The smallest absolute Gasteiger partial charge is 0.333 e. The number of methoxy groups -OCH3 is 1. The lowest BCUT2D eigenvalue weighted by atomic mass is 9.84. The maximum Gasteiger partial charge on any atom is 0.333 e. The minimum atomic E-state index is -0.336. The zero-order valence-corrected chi connectivity index (χ0v) is 11.8. The number of hydrogen-bond acceptors (Lipinski definition) is 3. The van der Waals surface area contributed by atoms with Gasteiger partial charge in [0, 0.05) is 17.1 Å². The number of ether oxygens (including phenoxy) is 1.